The maximum absolute atomic E-state index is 2.44. The van der Waals surface area contributed by atoms with Gasteiger partial charge < -0.3 is 4.90 Å². The van der Waals surface area contributed by atoms with Gasteiger partial charge in [0.25, 0.3) is 0 Å². The van der Waals surface area contributed by atoms with Crippen molar-refractivity contribution in [2.24, 2.45) is 0 Å². The van der Waals surface area contributed by atoms with E-state index in [2.05, 4.69) is 169 Å². The van der Waals surface area contributed by atoms with E-state index in [1.54, 1.807) is 0 Å². The zero-order chi connectivity index (χ0) is 27.9. The molecule has 1 aromatic heterocycles. The van der Waals surface area contributed by atoms with Crippen LogP contribution < -0.4 is 4.90 Å². The Kier molecular flexibility index (Phi) is 6.05. The molecule has 0 unspecified atom stereocenters. The highest BCUT2D eigenvalue weighted by Crippen LogP contribution is 2.49. The number of hydrogen-bond donors (Lipinski definition) is 0. The summed E-state index contributed by atoms with van der Waals surface area (Å²) in [7, 11) is 0. The van der Waals surface area contributed by atoms with Crippen LogP contribution in [0.5, 0.6) is 0 Å². The molecule has 1 heterocycles. The van der Waals surface area contributed by atoms with Gasteiger partial charge in [0.2, 0.25) is 0 Å². The van der Waals surface area contributed by atoms with Gasteiger partial charge in [-0.25, -0.2) is 0 Å². The smallest absolute Gasteiger partial charge is 0.0547 e. The third-order valence-corrected chi connectivity index (χ3v) is 9.34. The molecule has 0 aliphatic rings. The molecule has 0 saturated carbocycles. The zero-order valence-corrected chi connectivity index (χ0v) is 23.8. The minimum atomic E-state index is 1.13. The molecule has 42 heavy (non-hydrogen) atoms. The van der Waals surface area contributed by atoms with Crippen molar-refractivity contribution in [1.82, 2.24) is 0 Å². The van der Waals surface area contributed by atoms with Crippen LogP contribution in [-0.2, 0) is 0 Å². The van der Waals surface area contributed by atoms with Crippen molar-refractivity contribution in [3.05, 3.63) is 164 Å². The number of hydrogen-bond acceptors (Lipinski definition) is 2. The molecule has 7 aromatic carbocycles. The van der Waals surface area contributed by atoms with Gasteiger partial charge in [0.05, 0.1) is 11.4 Å². The summed E-state index contributed by atoms with van der Waals surface area (Å²) in [6.45, 7) is 0. The van der Waals surface area contributed by atoms with Gasteiger partial charge in [-0.05, 0) is 41.0 Å². The van der Waals surface area contributed by atoms with E-state index in [9.17, 15) is 0 Å². The first-order valence-electron chi connectivity index (χ1n) is 14.3. The first-order valence-corrected chi connectivity index (χ1v) is 15.1. The lowest BCUT2D eigenvalue weighted by Gasteiger charge is -2.29. The van der Waals surface area contributed by atoms with Crippen molar-refractivity contribution in [2.45, 2.75) is 0 Å². The Morgan fingerprint density at radius 2 is 0.881 bits per heavy atom. The van der Waals surface area contributed by atoms with E-state index in [0.717, 1.165) is 11.4 Å². The van der Waals surface area contributed by atoms with Crippen LogP contribution in [0.1, 0.15) is 0 Å². The van der Waals surface area contributed by atoms with E-state index in [4.69, 9.17) is 0 Å². The summed E-state index contributed by atoms with van der Waals surface area (Å²) < 4.78 is 2.66. The third-order valence-electron chi connectivity index (χ3n) is 8.05. The Morgan fingerprint density at radius 3 is 1.62 bits per heavy atom. The minimum absolute atomic E-state index is 1.13. The standard InChI is InChI=1S/C40H27NS/c1-4-15-28(16-5-1)31-21-12-13-26-37(31)41(30-19-8-3-9-20-30)38-27-36-35-25-14-24-32(29-17-6-2-7-18-29)39(35)42-40(36)34-23-11-10-22-33(34)38/h1-27H. The van der Waals surface area contributed by atoms with Crippen molar-refractivity contribution in [1.29, 1.82) is 0 Å². The summed E-state index contributed by atoms with van der Waals surface area (Å²) in [6, 6.07) is 59.0. The van der Waals surface area contributed by atoms with Crippen LogP contribution in [0.2, 0.25) is 0 Å². The molecule has 0 atom stereocenters. The molecule has 1 nitrogen and oxygen atoms in total. The molecule has 0 aliphatic carbocycles. The lowest BCUT2D eigenvalue weighted by atomic mass is 9.98. The quantitative estimate of drug-likeness (QED) is 0.205. The molecule has 0 radical (unpaired) electrons. The Bertz CT molecular complexity index is 2180. The van der Waals surface area contributed by atoms with Crippen LogP contribution in [0.3, 0.4) is 0 Å². The number of nitrogens with zero attached hydrogens (tertiary/aromatic N) is 1. The van der Waals surface area contributed by atoms with E-state index >= 15 is 0 Å². The van der Waals surface area contributed by atoms with Gasteiger partial charge in [-0.3, -0.25) is 0 Å². The van der Waals surface area contributed by atoms with Gasteiger partial charge in [0, 0.05) is 42.2 Å². The number of para-hydroxylation sites is 2. The highest BCUT2D eigenvalue weighted by atomic mass is 32.1. The number of benzene rings is 7. The molecule has 0 spiro atoms. The maximum Gasteiger partial charge on any atom is 0.0547 e. The molecule has 0 saturated heterocycles. The Labute approximate surface area is 249 Å². The first-order chi connectivity index (χ1) is 20.9. The second-order valence-electron chi connectivity index (χ2n) is 10.5. The fourth-order valence-electron chi connectivity index (χ4n) is 6.15. The number of rotatable bonds is 5. The molecule has 8 rings (SSSR count). The largest absolute Gasteiger partial charge is 0.309 e. The van der Waals surface area contributed by atoms with Gasteiger partial charge in [-0.1, -0.05) is 140 Å². The molecule has 8 aromatic rings. The predicted octanol–water partition coefficient (Wildman–Crippen LogP) is 12.0. The van der Waals surface area contributed by atoms with Gasteiger partial charge in [-0.15, -0.1) is 11.3 Å². The monoisotopic (exact) mass is 553 g/mol. The van der Waals surface area contributed by atoms with Crippen LogP contribution in [0.25, 0.3) is 53.2 Å². The van der Waals surface area contributed by atoms with Gasteiger partial charge in [0.1, 0.15) is 0 Å². The van der Waals surface area contributed by atoms with E-state index in [1.165, 1.54) is 58.9 Å². The first kappa shape index (κ1) is 24.6. The third kappa shape index (κ3) is 4.08. The molecule has 0 fully saturated rings. The molecule has 2 heteroatoms. The summed E-state index contributed by atoms with van der Waals surface area (Å²) in [6.07, 6.45) is 0. The van der Waals surface area contributed by atoms with Crippen molar-refractivity contribution in [2.75, 3.05) is 4.90 Å². The number of anilines is 3. The molecule has 0 aliphatic heterocycles. The predicted molar refractivity (Wildman–Crippen MR) is 182 cm³/mol. The van der Waals surface area contributed by atoms with Crippen molar-refractivity contribution in [3.8, 4) is 22.3 Å². The van der Waals surface area contributed by atoms with Crippen molar-refractivity contribution in [3.63, 3.8) is 0 Å². The van der Waals surface area contributed by atoms with Crippen LogP contribution >= 0.6 is 11.3 Å². The summed E-state index contributed by atoms with van der Waals surface area (Å²) in [5, 5.41) is 5.11. The molecular weight excluding hydrogens is 527 g/mol. The van der Waals surface area contributed by atoms with Gasteiger partial charge >= 0.3 is 0 Å². The Hall–Kier alpha value is -5.18. The summed E-state index contributed by atoms with van der Waals surface area (Å²) >= 11 is 1.91. The van der Waals surface area contributed by atoms with Crippen molar-refractivity contribution < 1.29 is 0 Å². The molecule has 198 valence electrons. The Morgan fingerprint density at radius 1 is 0.357 bits per heavy atom. The van der Waals surface area contributed by atoms with E-state index < -0.39 is 0 Å². The zero-order valence-electron chi connectivity index (χ0n) is 22.9. The molecular formula is C40H27NS. The highest BCUT2D eigenvalue weighted by molar-refractivity contribution is 7.27. The topological polar surface area (TPSA) is 3.24 Å². The highest BCUT2D eigenvalue weighted by Gasteiger charge is 2.22. The van der Waals surface area contributed by atoms with E-state index in [-0.39, 0.29) is 0 Å². The van der Waals surface area contributed by atoms with Gasteiger partial charge in [-0.2, -0.15) is 0 Å². The van der Waals surface area contributed by atoms with Crippen LogP contribution in [0.4, 0.5) is 17.1 Å². The lowest BCUT2D eigenvalue weighted by molar-refractivity contribution is 1.30. The van der Waals surface area contributed by atoms with Crippen LogP contribution in [0.15, 0.2) is 164 Å². The summed E-state index contributed by atoms with van der Waals surface area (Å²) in [4.78, 5) is 2.44. The van der Waals surface area contributed by atoms with Gasteiger partial charge in [0.15, 0.2) is 0 Å². The normalized spacial score (nSPS) is 11.3. The SMILES string of the molecule is c1ccc(-c2ccccc2N(c2ccccc2)c2cc3c4cccc(-c5ccccc5)c4sc3c3ccccc23)cc1. The van der Waals surface area contributed by atoms with Crippen molar-refractivity contribution >= 4 is 59.3 Å². The maximum atomic E-state index is 2.44. The van der Waals surface area contributed by atoms with E-state index in [0.29, 0.717) is 0 Å². The fourth-order valence-corrected chi connectivity index (χ4v) is 7.50. The van der Waals surface area contributed by atoms with E-state index in [1.807, 2.05) is 11.3 Å². The minimum Gasteiger partial charge on any atom is -0.309 e. The Balaban J connectivity index is 1.46. The molecule has 0 amide bonds. The average Bonchev–Trinajstić information content (AvgIpc) is 3.46. The average molecular weight is 554 g/mol. The fraction of sp³-hybridized carbons (Fsp3) is 0. The second-order valence-corrected chi connectivity index (χ2v) is 11.5. The van der Waals surface area contributed by atoms with Crippen LogP contribution in [-0.4, -0.2) is 0 Å². The number of thiophene rings is 1. The van der Waals surface area contributed by atoms with Crippen LogP contribution in [0, 0.1) is 0 Å². The molecule has 0 N–H and O–H groups in total. The summed E-state index contributed by atoms with van der Waals surface area (Å²) in [5.74, 6) is 0. The second kappa shape index (κ2) is 10.3. The number of fused-ring (bicyclic) bond motifs is 5. The lowest BCUT2D eigenvalue weighted by Crippen LogP contribution is -2.11. The molecule has 0 bridgehead atoms. The summed E-state index contributed by atoms with van der Waals surface area (Å²) in [5.41, 5.74) is 8.41.